The number of amides is 1. The van der Waals surface area contributed by atoms with Gasteiger partial charge >= 0.3 is 5.97 Å². The van der Waals surface area contributed by atoms with E-state index in [0.29, 0.717) is 12.2 Å². The molecule has 0 atom stereocenters. The van der Waals surface area contributed by atoms with Gasteiger partial charge in [0.05, 0.1) is 6.61 Å². The number of carbonyl (C=O) groups excluding carboxylic acids is 2. The highest BCUT2D eigenvalue weighted by Crippen LogP contribution is 2.05. The molecule has 0 radical (unpaired) electrons. The summed E-state index contributed by atoms with van der Waals surface area (Å²) < 4.78 is 5.09. The van der Waals surface area contributed by atoms with Gasteiger partial charge in [-0.3, -0.25) is 9.59 Å². The van der Waals surface area contributed by atoms with Gasteiger partial charge in [-0.1, -0.05) is 51.7 Å². The van der Waals surface area contributed by atoms with Crippen LogP contribution < -0.4 is 5.32 Å². The molecule has 122 valence electrons. The fourth-order valence-electron chi connectivity index (χ4n) is 2.09. The highest BCUT2D eigenvalue weighted by Gasteiger charge is 2.08. The van der Waals surface area contributed by atoms with Crippen LogP contribution in [0.25, 0.3) is 0 Å². The van der Waals surface area contributed by atoms with Crippen LogP contribution in [-0.4, -0.2) is 25.0 Å². The van der Waals surface area contributed by atoms with Crippen molar-refractivity contribution >= 4 is 11.9 Å². The van der Waals surface area contributed by atoms with Crippen molar-refractivity contribution in [1.29, 1.82) is 0 Å². The van der Waals surface area contributed by atoms with Crippen LogP contribution in [0.5, 0.6) is 0 Å². The molecule has 1 aromatic carbocycles. The first-order chi connectivity index (χ1) is 10.7. The van der Waals surface area contributed by atoms with E-state index in [1.54, 1.807) is 12.1 Å². The Morgan fingerprint density at radius 1 is 1.00 bits per heavy atom. The molecule has 0 aliphatic rings. The second kappa shape index (κ2) is 10.8. The third-order valence-corrected chi connectivity index (χ3v) is 3.53. The number of nitrogens with one attached hydrogen (secondary N) is 1. The maximum Gasteiger partial charge on any atom is 0.325 e. The van der Waals surface area contributed by atoms with Crippen LogP contribution in [0, 0.1) is 0 Å². The third kappa shape index (κ3) is 7.25. The monoisotopic (exact) mass is 305 g/mol. The molecule has 0 aliphatic heterocycles. The lowest BCUT2D eigenvalue weighted by atomic mass is 10.1. The summed E-state index contributed by atoms with van der Waals surface area (Å²) in [6, 6.07) is 7.38. The molecule has 0 fully saturated rings. The number of aryl methyl sites for hydroxylation is 1. The minimum atomic E-state index is -0.381. The molecule has 1 N–H and O–H groups in total. The smallest absolute Gasteiger partial charge is 0.325 e. The fourth-order valence-corrected chi connectivity index (χ4v) is 2.09. The van der Waals surface area contributed by atoms with Gasteiger partial charge in [-0.05, 0) is 30.5 Å². The zero-order valence-electron chi connectivity index (χ0n) is 13.7. The molecule has 4 nitrogen and oxygen atoms in total. The lowest BCUT2D eigenvalue weighted by molar-refractivity contribution is -0.142. The molecule has 0 aliphatic carbocycles. The van der Waals surface area contributed by atoms with Crippen molar-refractivity contribution < 1.29 is 14.3 Å². The van der Waals surface area contributed by atoms with Gasteiger partial charge in [0.2, 0.25) is 0 Å². The molecule has 22 heavy (non-hydrogen) atoms. The average Bonchev–Trinajstić information content (AvgIpc) is 2.56. The lowest BCUT2D eigenvalue weighted by Gasteiger charge is -2.07. The van der Waals surface area contributed by atoms with E-state index >= 15 is 0 Å². The third-order valence-electron chi connectivity index (χ3n) is 3.53. The fraction of sp³-hybridized carbons (Fsp3) is 0.556. The van der Waals surface area contributed by atoms with E-state index in [1.807, 2.05) is 12.1 Å². The number of esters is 1. The van der Waals surface area contributed by atoms with Crippen LogP contribution in [0.4, 0.5) is 0 Å². The van der Waals surface area contributed by atoms with E-state index in [4.69, 9.17) is 4.74 Å². The van der Waals surface area contributed by atoms with Crippen LogP contribution in [-0.2, 0) is 16.0 Å². The summed E-state index contributed by atoms with van der Waals surface area (Å²) in [5.41, 5.74) is 1.74. The predicted octanol–water partition coefficient (Wildman–Crippen LogP) is 3.49. The highest BCUT2D eigenvalue weighted by molar-refractivity contribution is 5.95. The molecule has 0 aromatic heterocycles. The first kappa shape index (κ1) is 18.2. The molecular weight excluding hydrogens is 278 g/mol. The first-order valence-corrected chi connectivity index (χ1v) is 8.20. The van der Waals surface area contributed by atoms with E-state index in [-0.39, 0.29) is 18.4 Å². The van der Waals surface area contributed by atoms with Crippen molar-refractivity contribution in [3.8, 4) is 0 Å². The van der Waals surface area contributed by atoms with Gasteiger partial charge in [-0.25, -0.2) is 0 Å². The van der Waals surface area contributed by atoms with Crippen LogP contribution in [0.2, 0.25) is 0 Å². The van der Waals surface area contributed by atoms with Crippen LogP contribution in [0.1, 0.15) is 61.9 Å². The second-order valence-electron chi connectivity index (χ2n) is 5.37. The van der Waals surface area contributed by atoms with Gasteiger partial charge in [-0.15, -0.1) is 0 Å². The molecule has 0 heterocycles. The van der Waals surface area contributed by atoms with Crippen LogP contribution in [0.3, 0.4) is 0 Å². The summed E-state index contributed by atoms with van der Waals surface area (Å²) in [6.07, 6.45) is 6.51. The number of unbranched alkanes of at least 4 members (excludes halogenated alkanes) is 4. The van der Waals surface area contributed by atoms with Crippen molar-refractivity contribution in [3.63, 3.8) is 0 Å². The summed E-state index contributed by atoms with van der Waals surface area (Å²) in [4.78, 5) is 23.4. The van der Waals surface area contributed by atoms with Gasteiger partial charge < -0.3 is 10.1 Å². The molecule has 1 amide bonds. The summed E-state index contributed by atoms with van der Waals surface area (Å²) in [6.45, 7) is 4.58. The molecule has 0 spiro atoms. The Balaban J connectivity index is 2.18. The molecule has 0 saturated carbocycles. The SMILES string of the molecule is CCCCCCCOC(=O)CNC(=O)c1ccc(CC)cc1. The zero-order chi connectivity index (χ0) is 16.2. The Labute approximate surface area is 133 Å². The van der Waals surface area contributed by atoms with Gasteiger partial charge in [0, 0.05) is 5.56 Å². The number of hydrogen-bond donors (Lipinski definition) is 1. The Kier molecular flexibility index (Phi) is 8.96. The summed E-state index contributed by atoms with van der Waals surface area (Å²) in [5.74, 6) is -0.628. The normalized spacial score (nSPS) is 10.3. The van der Waals surface area contributed by atoms with Crippen molar-refractivity contribution in [2.45, 2.75) is 52.4 Å². The van der Waals surface area contributed by atoms with E-state index in [9.17, 15) is 9.59 Å². The van der Waals surface area contributed by atoms with Crippen LogP contribution in [0.15, 0.2) is 24.3 Å². The average molecular weight is 305 g/mol. The summed E-state index contributed by atoms with van der Waals surface area (Å²) in [5, 5.41) is 2.58. The quantitative estimate of drug-likeness (QED) is 0.532. The number of ether oxygens (including phenoxy) is 1. The summed E-state index contributed by atoms with van der Waals surface area (Å²) >= 11 is 0. The van der Waals surface area contributed by atoms with E-state index in [1.165, 1.54) is 24.8 Å². The van der Waals surface area contributed by atoms with E-state index in [2.05, 4.69) is 19.2 Å². The molecule has 0 saturated heterocycles. The molecule has 1 rings (SSSR count). The molecule has 4 heteroatoms. The molecule has 0 unspecified atom stereocenters. The number of carbonyl (C=O) groups is 2. The van der Waals surface area contributed by atoms with Gasteiger partial charge in [0.15, 0.2) is 0 Å². The van der Waals surface area contributed by atoms with Crippen molar-refractivity contribution in [1.82, 2.24) is 5.32 Å². The van der Waals surface area contributed by atoms with Gasteiger partial charge in [0.25, 0.3) is 5.91 Å². The number of benzene rings is 1. The predicted molar refractivity (Wildman–Crippen MR) is 87.9 cm³/mol. The van der Waals surface area contributed by atoms with Crippen molar-refractivity contribution in [2.24, 2.45) is 0 Å². The minimum absolute atomic E-state index is 0.0800. The topological polar surface area (TPSA) is 55.4 Å². The Morgan fingerprint density at radius 3 is 2.32 bits per heavy atom. The lowest BCUT2D eigenvalue weighted by Crippen LogP contribution is -2.30. The largest absolute Gasteiger partial charge is 0.464 e. The number of rotatable bonds is 10. The van der Waals surface area contributed by atoms with Crippen LogP contribution >= 0.6 is 0 Å². The maximum absolute atomic E-state index is 11.9. The second-order valence-corrected chi connectivity index (χ2v) is 5.37. The Hall–Kier alpha value is -1.84. The molecular formula is C18H27NO3. The summed E-state index contributed by atoms with van der Waals surface area (Å²) in [7, 11) is 0. The number of hydrogen-bond acceptors (Lipinski definition) is 3. The first-order valence-electron chi connectivity index (χ1n) is 8.20. The molecule has 1 aromatic rings. The Morgan fingerprint density at radius 2 is 1.68 bits per heavy atom. The Bertz CT molecular complexity index is 454. The van der Waals surface area contributed by atoms with Gasteiger partial charge in [-0.2, -0.15) is 0 Å². The highest BCUT2D eigenvalue weighted by atomic mass is 16.5. The standard InChI is InChI=1S/C18H27NO3/c1-3-5-6-7-8-13-22-17(20)14-19-18(21)16-11-9-15(4-2)10-12-16/h9-12H,3-8,13-14H2,1-2H3,(H,19,21). The molecule has 0 bridgehead atoms. The van der Waals surface area contributed by atoms with E-state index in [0.717, 1.165) is 19.3 Å². The zero-order valence-corrected chi connectivity index (χ0v) is 13.7. The minimum Gasteiger partial charge on any atom is -0.464 e. The van der Waals surface area contributed by atoms with Crippen molar-refractivity contribution in [2.75, 3.05) is 13.2 Å². The van der Waals surface area contributed by atoms with Gasteiger partial charge in [0.1, 0.15) is 6.54 Å². The van der Waals surface area contributed by atoms with Crippen molar-refractivity contribution in [3.05, 3.63) is 35.4 Å². The van der Waals surface area contributed by atoms with E-state index < -0.39 is 0 Å². The maximum atomic E-state index is 11.9.